The Balaban J connectivity index is 0.000000359. The largest absolute Gasteiger partial charge is 0.490 e. The minimum Gasteiger partial charge on any atom is -0.481 e. The summed E-state index contributed by atoms with van der Waals surface area (Å²) >= 11 is 0. The predicted octanol–water partition coefficient (Wildman–Crippen LogP) is 0.316. The molecule has 0 radical (unpaired) electrons. The van der Waals surface area contributed by atoms with Gasteiger partial charge in [-0.05, 0) is 5.10 Å². The molecule has 12 heteroatoms. The second-order valence-corrected chi connectivity index (χ2v) is 4.59. The van der Waals surface area contributed by atoms with E-state index in [9.17, 15) is 27.6 Å². The molecular weight excluding hydrogens is 361 g/mol. The van der Waals surface area contributed by atoms with Crippen LogP contribution in [-0.4, -0.2) is 45.4 Å². The number of carbonyl (C=O) groups excluding carboxylic acids is 1. The Bertz CT molecular complexity index is 805. The summed E-state index contributed by atoms with van der Waals surface area (Å²) in [7, 11) is 0.676. The number of H-pyrrole nitrogens is 1. The van der Waals surface area contributed by atoms with E-state index in [2.05, 4.69) is 19.8 Å². The van der Waals surface area contributed by atoms with Gasteiger partial charge in [0.25, 0.3) is 5.56 Å². The van der Waals surface area contributed by atoms with Crippen molar-refractivity contribution >= 4 is 11.9 Å². The molecule has 2 rings (SSSR count). The number of aryl methyl sites for hydroxylation is 1. The molecule has 0 spiro atoms. The van der Waals surface area contributed by atoms with Crippen LogP contribution in [0.5, 0.6) is 0 Å². The van der Waals surface area contributed by atoms with Gasteiger partial charge in [-0.2, -0.15) is 13.2 Å². The van der Waals surface area contributed by atoms with E-state index in [0.29, 0.717) is 25.0 Å². The molecule has 0 aliphatic rings. The number of ether oxygens (including phenoxy) is 1. The molecule has 0 saturated carbocycles. The maximum atomic E-state index is 11.1. The van der Waals surface area contributed by atoms with Crippen LogP contribution in [-0.2, 0) is 20.9 Å². The summed E-state index contributed by atoms with van der Waals surface area (Å²) in [6.07, 6.45) is -0.253. The van der Waals surface area contributed by atoms with Gasteiger partial charge in [-0.3, -0.25) is 9.59 Å². The first kappa shape index (κ1) is 20.7. The van der Waals surface area contributed by atoms with Gasteiger partial charge in [-0.25, -0.2) is 9.78 Å². The number of carboxylic acid groups (broad SMARTS) is 1. The number of hydrogen-bond donors (Lipinski definition) is 2. The Morgan fingerprint density at radius 3 is 2.46 bits per heavy atom. The second kappa shape index (κ2) is 9.25. The second-order valence-electron chi connectivity index (χ2n) is 4.59. The molecule has 0 aliphatic heterocycles. The maximum absolute atomic E-state index is 11.1. The highest BCUT2D eigenvalue weighted by Crippen LogP contribution is 2.15. The summed E-state index contributed by atoms with van der Waals surface area (Å²) in [6.45, 7) is 0.300. The first-order chi connectivity index (χ1) is 12.1. The number of carbonyl (C=O) groups is 2. The number of nitrogens with one attached hydrogen (secondary N) is 1. The fourth-order valence-electron chi connectivity index (χ4n) is 1.50. The van der Waals surface area contributed by atoms with E-state index in [1.54, 1.807) is 12.3 Å². The SMILES string of the molecule is COC(=O)C(F)(F)F.O=C(O)CC[n+]1ccc(-c2nccc(=O)[nH]2)cn1. The monoisotopic (exact) mass is 375 g/mol. The number of alkyl halides is 3. The molecule has 26 heavy (non-hydrogen) atoms. The predicted molar refractivity (Wildman–Crippen MR) is 78.6 cm³/mol. The maximum Gasteiger partial charge on any atom is 0.490 e. The molecule has 0 fully saturated rings. The van der Waals surface area contributed by atoms with Crippen LogP contribution in [0.2, 0.25) is 0 Å². The van der Waals surface area contributed by atoms with Gasteiger partial charge in [-0.1, -0.05) is 4.68 Å². The van der Waals surface area contributed by atoms with Crippen LogP contribution < -0.4 is 10.2 Å². The Morgan fingerprint density at radius 2 is 2.04 bits per heavy atom. The Hall–Kier alpha value is -3.31. The number of esters is 1. The van der Waals surface area contributed by atoms with Gasteiger partial charge in [0.05, 0.1) is 7.11 Å². The number of hydrogen-bond acceptors (Lipinski definition) is 6. The molecule has 0 atom stereocenters. The summed E-state index contributed by atoms with van der Waals surface area (Å²) < 4.78 is 37.8. The molecule has 9 nitrogen and oxygen atoms in total. The molecule has 0 aromatic carbocycles. The molecule has 140 valence electrons. The first-order valence-corrected chi connectivity index (χ1v) is 6.92. The fourth-order valence-corrected chi connectivity index (χ4v) is 1.50. The summed E-state index contributed by atoms with van der Waals surface area (Å²) in [5, 5.41) is 12.6. The van der Waals surface area contributed by atoms with Crippen molar-refractivity contribution in [3.05, 3.63) is 41.1 Å². The summed E-state index contributed by atoms with van der Waals surface area (Å²) in [5.74, 6) is -2.61. The number of halogens is 3. The van der Waals surface area contributed by atoms with E-state index in [1.807, 2.05) is 0 Å². The zero-order valence-corrected chi connectivity index (χ0v) is 13.4. The van der Waals surface area contributed by atoms with Crippen LogP contribution >= 0.6 is 0 Å². The van der Waals surface area contributed by atoms with E-state index in [1.165, 1.54) is 23.1 Å². The topological polar surface area (TPSA) is 126 Å². The van der Waals surface area contributed by atoms with Crippen molar-refractivity contribution in [2.45, 2.75) is 19.1 Å². The number of aromatic amines is 1. The van der Waals surface area contributed by atoms with Crippen molar-refractivity contribution in [3.63, 3.8) is 0 Å². The molecule has 0 aliphatic carbocycles. The fraction of sp³-hybridized carbons (Fsp3) is 0.286. The molecule has 0 saturated heterocycles. The van der Waals surface area contributed by atoms with Crippen LogP contribution in [0.3, 0.4) is 0 Å². The number of methoxy groups -OCH3 is 1. The van der Waals surface area contributed by atoms with Crippen molar-refractivity contribution in [1.82, 2.24) is 15.1 Å². The molecule has 0 amide bonds. The molecule has 2 aromatic heterocycles. The van der Waals surface area contributed by atoms with Crippen LogP contribution in [0, 0.1) is 0 Å². The van der Waals surface area contributed by atoms with E-state index < -0.39 is 18.1 Å². The van der Waals surface area contributed by atoms with E-state index in [-0.39, 0.29) is 12.0 Å². The van der Waals surface area contributed by atoms with E-state index >= 15 is 0 Å². The molecule has 2 N–H and O–H groups in total. The standard InChI is InChI=1S/C11H10N4O3.C3H3F3O2/c16-9-1-4-12-11(14-9)8-2-5-15(13-7-8)6-3-10(17)18;1-8-2(7)3(4,5)6/h1-2,4-5,7H,3,6H2,(H-,12,14,16,17,18);1H3/p+1. The average Bonchev–Trinajstić information content (AvgIpc) is 2.59. The van der Waals surface area contributed by atoms with Gasteiger partial charge in [0.2, 0.25) is 0 Å². The molecule has 2 heterocycles. The Morgan fingerprint density at radius 1 is 1.35 bits per heavy atom. The molecular formula is C14H14F3N4O5+. The lowest BCUT2D eigenvalue weighted by Crippen LogP contribution is -2.38. The number of aliphatic carboxylic acids is 1. The van der Waals surface area contributed by atoms with Gasteiger partial charge in [0.15, 0.2) is 12.7 Å². The number of carboxylic acids is 1. The first-order valence-electron chi connectivity index (χ1n) is 6.92. The average molecular weight is 375 g/mol. The summed E-state index contributed by atoms with van der Waals surface area (Å²) in [4.78, 5) is 37.6. The van der Waals surface area contributed by atoms with Crippen molar-refractivity contribution < 1.29 is 37.3 Å². The van der Waals surface area contributed by atoms with Crippen LogP contribution in [0.15, 0.2) is 35.5 Å². The van der Waals surface area contributed by atoms with E-state index in [0.717, 1.165) is 0 Å². The van der Waals surface area contributed by atoms with Crippen molar-refractivity contribution in [2.24, 2.45) is 0 Å². The minimum absolute atomic E-state index is 0.0113. The summed E-state index contributed by atoms with van der Waals surface area (Å²) in [5.41, 5.74) is 0.432. The van der Waals surface area contributed by atoms with Gasteiger partial charge in [0, 0.05) is 23.9 Å². The normalized spacial score (nSPS) is 10.5. The number of rotatable bonds is 4. The van der Waals surface area contributed by atoms with Crippen LogP contribution in [0.4, 0.5) is 13.2 Å². The van der Waals surface area contributed by atoms with Gasteiger partial charge >= 0.3 is 18.1 Å². The minimum atomic E-state index is -4.85. The molecule has 0 unspecified atom stereocenters. The lowest BCUT2D eigenvalue weighted by Gasteiger charge is -1.99. The smallest absolute Gasteiger partial charge is 0.481 e. The lowest BCUT2D eigenvalue weighted by molar-refractivity contribution is -0.752. The third-order valence-electron chi connectivity index (χ3n) is 2.69. The zero-order valence-electron chi connectivity index (χ0n) is 13.4. The van der Waals surface area contributed by atoms with Gasteiger partial charge < -0.3 is 14.8 Å². The lowest BCUT2D eigenvalue weighted by atomic mass is 10.3. The number of aromatic nitrogens is 4. The Kier molecular flexibility index (Phi) is 7.37. The van der Waals surface area contributed by atoms with Crippen molar-refractivity contribution in [1.29, 1.82) is 0 Å². The quantitative estimate of drug-likeness (QED) is 0.582. The third-order valence-corrected chi connectivity index (χ3v) is 2.69. The third kappa shape index (κ3) is 7.07. The highest BCUT2D eigenvalue weighted by atomic mass is 19.4. The summed E-state index contributed by atoms with van der Waals surface area (Å²) in [6, 6.07) is 3.04. The molecule has 2 aromatic rings. The number of nitrogens with zero attached hydrogens (tertiary/aromatic N) is 3. The van der Waals surface area contributed by atoms with E-state index in [4.69, 9.17) is 5.11 Å². The van der Waals surface area contributed by atoms with Crippen LogP contribution in [0.25, 0.3) is 11.4 Å². The van der Waals surface area contributed by atoms with Crippen LogP contribution in [0.1, 0.15) is 6.42 Å². The van der Waals surface area contributed by atoms with Crippen molar-refractivity contribution in [2.75, 3.05) is 7.11 Å². The highest BCUT2D eigenvalue weighted by Gasteiger charge is 2.40. The van der Waals surface area contributed by atoms with Crippen molar-refractivity contribution in [3.8, 4) is 11.4 Å². The Labute approximate surface area is 144 Å². The molecule has 0 bridgehead atoms. The zero-order chi connectivity index (χ0) is 19.7. The van der Waals surface area contributed by atoms with Gasteiger partial charge in [0.1, 0.15) is 18.4 Å². The van der Waals surface area contributed by atoms with Gasteiger partial charge in [-0.15, -0.1) is 0 Å². The highest BCUT2D eigenvalue weighted by molar-refractivity contribution is 5.75.